The number of nitrogens with zero attached hydrogens (tertiary/aromatic N) is 2. The van der Waals surface area contributed by atoms with E-state index in [1.807, 2.05) is 0 Å². The molecular formula is C14H13N3O3. The number of carbonyl (C=O) groups is 1. The van der Waals surface area contributed by atoms with Crippen molar-refractivity contribution in [3.8, 4) is 11.5 Å². The van der Waals surface area contributed by atoms with Gasteiger partial charge in [-0.05, 0) is 30.3 Å². The first-order chi connectivity index (χ1) is 9.65. The maximum Gasteiger partial charge on any atom is 0.269 e. The van der Waals surface area contributed by atoms with Crippen molar-refractivity contribution >= 4 is 11.6 Å². The van der Waals surface area contributed by atoms with Gasteiger partial charge in [0.05, 0.1) is 0 Å². The number of carbonyl (C=O) groups excluding carboxylic acids is 1. The summed E-state index contributed by atoms with van der Waals surface area (Å²) < 4.78 is 5.67. The van der Waals surface area contributed by atoms with Crippen LogP contribution >= 0.6 is 0 Å². The van der Waals surface area contributed by atoms with Crippen molar-refractivity contribution in [1.29, 1.82) is 0 Å². The average molecular weight is 271 g/mol. The van der Waals surface area contributed by atoms with Crippen LogP contribution in [0.5, 0.6) is 11.5 Å². The molecule has 0 aliphatic rings. The van der Waals surface area contributed by atoms with E-state index >= 15 is 0 Å². The quantitative estimate of drug-likeness (QED) is 0.867. The van der Waals surface area contributed by atoms with Crippen LogP contribution in [0.2, 0.25) is 0 Å². The third-order valence-electron chi connectivity index (χ3n) is 2.77. The number of benzene rings is 1. The number of amides is 1. The van der Waals surface area contributed by atoms with Gasteiger partial charge in [0.25, 0.3) is 5.91 Å². The molecule has 0 aliphatic heterocycles. The van der Waals surface area contributed by atoms with E-state index in [-0.39, 0.29) is 11.6 Å². The number of hydrogen-bond acceptors (Lipinski definition) is 5. The topological polar surface area (TPSA) is 80.6 Å². The maximum absolute atomic E-state index is 11.5. The van der Waals surface area contributed by atoms with Crippen molar-refractivity contribution in [2.75, 3.05) is 7.05 Å². The molecule has 6 nitrogen and oxygen atoms in total. The van der Waals surface area contributed by atoms with Crippen LogP contribution in [0.3, 0.4) is 0 Å². The normalized spacial score (nSPS) is 9.90. The van der Waals surface area contributed by atoms with Gasteiger partial charge >= 0.3 is 0 Å². The Bertz CT molecular complexity index is 656. The number of ether oxygens (including phenoxy) is 1. The van der Waals surface area contributed by atoms with Gasteiger partial charge < -0.3 is 10.1 Å². The molecule has 0 radical (unpaired) electrons. The van der Waals surface area contributed by atoms with Crippen LogP contribution in [0, 0.1) is 11.8 Å². The lowest BCUT2D eigenvalue weighted by Gasteiger charge is -2.09. The van der Waals surface area contributed by atoms with Crippen molar-refractivity contribution in [3.63, 3.8) is 0 Å². The number of nitrogens with one attached hydrogen (secondary N) is 1. The maximum atomic E-state index is 11.5. The van der Waals surface area contributed by atoms with Crippen molar-refractivity contribution in [1.82, 2.24) is 10.3 Å². The Morgan fingerprint density at radius 2 is 2.15 bits per heavy atom. The first-order valence-corrected chi connectivity index (χ1v) is 5.94. The highest BCUT2D eigenvalue weighted by atomic mass is 16.5. The van der Waals surface area contributed by atoms with E-state index in [0.717, 1.165) is 0 Å². The smallest absolute Gasteiger partial charge is 0.269 e. The van der Waals surface area contributed by atoms with Crippen molar-refractivity contribution in [3.05, 3.63) is 52.7 Å². The Morgan fingerprint density at radius 1 is 1.35 bits per heavy atom. The molecule has 0 unspecified atom stereocenters. The molecule has 20 heavy (non-hydrogen) atoms. The van der Waals surface area contributed by atoms with Crippen LogP contribution in [0.25, 0.3) is 0 Å². The fourth-order valence-corrected chi connectivity index (χ4v) is 1.67. The van der Waals surface area contributed by atoms with Gasteiger partial charge in [-0.1, -0.05) is 6.07 Å². The molecule has 0 spiro atoms. The lowest BCUT2D eigenvalue weighted by molar-refractivity contribution is 0.0958. The van der Waals surface area contributed by atoms with Gasteiger partial charge in [0.15, 0.2) is 0 Å². The van der Waals surface area contributed by atoms with E-state index in [0.29, 0.717) is 22.7 Å². The highest BCUT2D eigenvalue weighted by molar-refractivity contribution is 5.92. The molecule has 0 saturated carbocycles. The third kappa shape index (κ3) is 2.80. The Hall–Kier alpha value is -2.76. The molecule has 1 heterocycles. The molecule has 1 N–H and O–H groups in total. The largest absolute Gasteiger partial charge is 0.457 e. The van der Waals surface area contributed by atoms with E-state index in [9.17, 15) is 9.70 Å². The van der Waals surface area contributed by atoms with Gasteiger partial charge in [-0.3, -0.25) is 9.78 Å². The Labute approximate surface area is 115 Å². The van der Waals surface area contributed by atoms with E-state index in [2.05, 4.69) is 15.5 Å². The molecule has 0 aliphatic carbocycles. The summed E-state index contributed by atoms with van der Waals surface area (Å²) in [4.78, 5) is 26.1. The monoisotopic (exact) mass is 271 g/mol. The van der Waals surface area contributed by atoms with Gasteiger partial charge in [-0.15, -0.1) is 4.91 Å². The third-order valence-corrected chi connectivity index (χ3v) is 2.77. The molecule has 1 aromatic heterocycles. The lowest BCUT2D eigenvalue weighted by atomic mass is 10.2. The average Bonchev–Trinajstić information content (AvgIpc) is 2.49. The summed E-state index contributed by atoms with van der Waals surface area (Å²) in [6.07, 6.45) is 1.48. The van der Waals surface area contributed by atoms with Crippen LogP contribution in [-0.2, 0) is 0 Å². The Kier molecular flexibility index (Phi) is 4.05. The summed E-state index contributed by atoms with van der Waals surface area (Å²) in [6.45, 7) is 1.74. The van der Waals surface area contributed by atoms with Crippen LogP contribution in [0.1, 0.15) is 16.1 Å². The molecule has 0 fully saturated rings. The highest BCUT2D eigenvalue weighted by Gasteiger charge is 2.09. The zero-order valence-corrected chi connectivity index (χ0v) is 11.1. The minimum absolute atomic E-state index is 0.257. The molecule has 0 saturated heterocycles. The molecule has 6 heteroatoms. The van der Waals surface area contributed by atoms with E-state index in [4.69, 9.17) is 4.74 Å². The van der Waals surface area contributed by atoms with Crippen LogP contribution in [0.4, 0.5) is 5.69 Å². The minimum atomic E-state index is -0.296. The number of hydrogen-bond donors (Lipinski definition) is 1. The fourth-order valence-electron chi connectivity index (χ4n) is 1.67. The molecular weight excluding hydrogens is 258 g/mol. The molecule has 1 aromatic carbocycles. The molecule has 0 bridgehead atoms. The summed E-state index contributed by atoms with van der Waals surface area (Å²) in [5, 5.41) is 5.41. The summed E-state index contributed by atoms with van der Waals surface area (Å²) in [7, 11) is 1.53. The number of nitroso groups, excluding NO2 is 1. The van der Waals surface area contributed by atoms with Gasteiger partial charge in [-0.2, -0.15) is 0 Å². The zero-order chi connectivity index (χ0) is 14.5. The van der Waals surface area contributed by atoms with Crippen molar-refractivity contribution in [2.45, 2.75) is 6.92 Å². The zero-order valence-electron chi connectivity index (χ0n) is 11.1. The summed E-state index contributed by atoms with van der Waals surface area (Å²) >= 11 is 0. The SMILES string of the molecule is CNC(=O)c1cc(Oc2cccc(N=O)c2C)ccn1. The Morgan fingerprint density at radius 3 is 2.85 bits per heavy atom. The van der Waals surface area contributed by atoms with Crippen LogP contribution in [0.15, 0.2) is 41.7 Å². The molecule has 2 aromatic rings. The van der Waals surface area contributed by atoms with Gasteiger partial charge in [0.2, 0.25) is 0 Å². The summed E-state index contributed by atoms with van der Waals surface area (Å²) in [6, 6.07) is 8.17. The van der Waals surface area contributed by atoms with E-state index in [1.165, 1.54) is 19.3 Å². The van der Waals surface area contributed by atoms with E-state index < -0.39 is 0 Å². The fraction of sp³-hybridized carbons (Fsp3) is 0.143. The Balaban J connectivity index is 2.31. The second kappa shape index (κ2) is 5.92. The van der Waals surface area contributed by atoms with Gasteiger partial charge in [0.1, 0.15) is 22.9 Å². The van der Waals surface area contributed by atoms with Crippen LogP contribution < -0.4 is 10.1 Å². The van der Waals surface area contributed by atoms with Crippen molar-refractivity contribution < 1.29 is 9.53 Å². The summed E-state index contributed by atoms with van der Waals surface area (Å²) in [5.41, 5.74) is 1.22. The lowest BCUT2D eigenvalue weighted by Crippen LogP contribution is -2.18. The number of pyridine rings is 1. The van der Waals surface area contributed by atoms with E-state index in [1.54, 1.807) is 31.2 Å². The standard InChI is InChI=1S/C14H13N3O3/c1-9-11(17-19)4-3-5-13(9)20-10-6-7-16-12(8-10)14(18)15-2/h3-8H,1-2H3,(H,15,18). The number of rotatable bonds is 4. The van der Waals surface area contributed by atoms with Crippen LogP contribution in [-0.4, -0.2) is 17.9 Å². The minimum Gasteiger partial charge on any atom is -0.457 e. The van der Waals surface area contributed by atoms with Gasteiger partial charge in [0, 0.05) is 24.9 Å². The second-order valence-corrected chi connectivity index (χ2v) is 4.05. The molecule has 0 atom stereocenters. The molecule has 102 valence electrons. The predicted molar refractivity (Wildman–Crippen MR) is 74.3 cm³/mol. The second-order valence-electron chi connectivity index (χ2n) is 4.05. The summed E-state index contributed by atoms with van der Waals surface area (Å²) in [5.74, 6) is 0.677. The van der Waals surface area contributed by atoms with Gasteiger partial charge in [-0.25, -0.2) is 0 Å². The first-order valence-electron chi connectivity index (χ1n) is 5.94. The highest BCUT2D eigenvalue weighted by Crippen LogP contribution is 2.31. The molecule has 2 rings (SSSR count). The molecule has 1 amide bonds. The first kappa shape index (κ1) is 13.7. The predicted octanol–water partition coefficient (Wildman–Crippen LogP) is 2.94. The number of aromatic nitrogens is 1. The van der Waals surface area contributed by atoms with Crippen molar-refractivity contribution in [2.24, 2.45) is 5.18 Å².